The zero-order valence-corrected chi connectivity index (χ0v) is 17.5. The molecule has 5 nitrogen and oxygen atoms in total. The quantitative estimate of drug-likeness (QED) is 0.342. The van der Waals surface area contributed by atoms with Gasteiger partial charge in [0.15, 0.2) is 16.6 Å². The van der Waals surface area contributed by atoms with E-state index >= 15 is 0 Å². The van der Waals surface area contributed by atoms with Crippen LogP contribution in [0.3, 0.4) is 0 Å². The molecule has 0 fully saturated rings. The Morgan fingerprint density at radius 1 is 1.11 bits per heavy atom. The van der Waals surface area contributed by atoms with Gasteiger partial charge in [-0.05, 0) is 51.0 Å². The molecule has 28 heavy (non-hydrogen) atoms. The first-order valence-corrected chi connectivity index (χ1v) is 10.6. The van der Waals surface area contributed by atoms with E-state index < -0.39 is 0 Å². The zero-order valence-electron chi connectivity index (χ0n) is 16.7. The van der Waals surface area contributed by atoms with Gasteiger partial charge in [0.2, 0.25) is 0 Å². The highest BCUT2D eigenvalue weighted by Crippen LogP contribution is 2.27. The van der Waals surface area contributed by atoms with Gasteiger partial charge < -0.3 is 4.57 Å². The van der Waals surface area contributed by atoms with Gasteiger partial charge in [-0.3, -0.25) is 9.20 Å². The van der Waals surface area contributed by atoms with Crippen molar-refractivity contribution in [3.05, 3.63) is 58.9 Å². The van der Waals surface area contributed by atoms with Gasteiger partial charge >= 0.3 is 0 Å². The van der Waals surface area contributed by atoms with Crippen LogP contribution in [-0.2, 0) is 6.54 Å². The number of aromatic nitrogens is 4. The van der Waals surface area contributed by atoms with Crippen LogP contribution in [0.1, 0.15) is 40.7 Å². The van der Waals surface area contributed by atoms with Crippen LogP contribution in [0.2, 0.25) is 0 Å². The number of hydrogen-bond acceptors (Lipinski definition) is 4. The molecule has 3 aromatic heterocycles. The van der Waals surface area contributed by atoms with Crippen molar-refractivity contribution < 1.29 is 4.79 Å². The summed E-state index contributed by atoms with van der Waals surface area (Å²) in [5.74, 6) is 0.480. The van der Waals surface area contributed by atoms with Crippen molar-refractivity contribution in [3.8, 4) is 0 Å². The molecule has 0 radical (unpaired) electrons. The number of benzene rings is 1. The maximum atomic E-state index is 12.9. The van der Waals surface area contributed by atoms with E-state index in [0.717, 1.165) is 46.2 Å². The van der Waals surface area contributed by atoms with Crippen molar-refractivity contribution in [1.82, 2.24) is 19.2 Å². The van der Waals surface area contributed by atoms with Crippen molar-refractivity contribution in [2.45, 2.75) is 45.8 Å². The molecular formula is C22H24N4OS. The third kappa shape index (κ3) is 3.11. The van der Waals surface area contributed by atoms with Crippen molar-refractivity contribution >= 4 is 34.1 Å². The number of carbonyl (C=O) groups excluding carboxylic acids is 1. The Hall–Kier alpha value is -2.60. The monoisotopic (exact) mass is 392 g/mol. The molecule has 6 heteroatoms. The molecule has 4 rings (SSSR count). The van der Waals surface area contributed by atoms with Crippen molar-refractivity contribution in [3.63, 3.8) is 0 Å². The Bertz CT molecular complexity index is 1190. The Morgan fingerprint density at radius 3 is 2.68 bits per heavy atom. The number of rotatable bonds is 6. The van der Waals surface area contributed by atoms with E-state index in [4.69, 9.17) is 0 Å². The van der Waals surface area contributed by atoms with Gasteiger partial charge in [-0.15, -0.1) is 10.2 Å². The number of nitrogens with zero attached hydrogens (tertiary/aromatic N) is 4. The second-order valence-electron chi connectivity index (χ2n) is 7.17. The minimum Gasteiger partial charge on any atom is -0.348 e. The summed E-state index contributed by atoms with van der Waals surface area (Å²) >= 11 is 1.45. The number of fused-ring (bicyclic) bond motifs is 3. The Morgan fingerprint density at radius 2 is 1.89 bits per heavy atom. The molecule has 0 aliphatic carbocycles. The summed E-state index contributed by atoms with van der Waals surface area (Å²) in [6, 6.07) is 12.3. The molecule has 3 heterocycles. The summed E-state index contributed by atoms with van der Waals surface area (Å²) in [4.78, 5) is 12.9. The van der Waals surface area contributed by atoms with Gasteiger partial charge in [-0.1, -0.05) is 36.9 Å². The van der Waals surface area contributed by atoms with E-state index in [1.807, 2.05) is 35.6 Å². The molecule has 0 aliphatic heterocycles. The summed E-state index contributed by atoms with van der Waals surface area (Å²) in [5.41, 5.74) is 6.06. The van der Waals surface area contributed by atoms with E-state index in [2.05, 4.69) is 47.7 Å². The molecule has 144 valence electrons. The molecule has 0 unspecified atom stereocenters. The lowest BCUT2D eigenvalue weighted by Gasteiger charge is -2.08. The molecule has 0 spiro atoms. The van der Waals surface area contributed by atoms with Crippen LogP contribution in [0.4, 0.5) is 0 Å². The van der Waals surface area contributed by atoms with Gasteiger partial charge in [0.05, 0.1) is 11.3 Å². The summed E-state index contributed by atoms with van der Waals surface area (Å²) < 4.78 is 4.27. The lowest BCUT2D eigenvalue weighted by molar-refractivity contribution is 0.102. The number of pyridine rings is 1. The Labute approximate surface area is 168 Å². The van der Waals surface area contributed by atoms with Crippen LogP contribution >= 0.6 is 11.8 Å². The van der Waals surface area contributed by atoms with Crippen molar-refractivity contribution in [1.29, 1.82) is 0 Å². The molecular weight excluding hydrogens is 368 g/mol. The highest BCUT2D eigenvalue weighted by atomic mass is 32.2. The molecule has 0 saturated heterocycles. The number of aryl methyl sites for hydroxylation is 2. The lowest BCUT2D eigenvalue weighted by atomic mass is 10.1. The van der Waals surface area contributed by atoms with Crippen molar-refractivity contribution in [2.75, 3.05) is 5.75 Å². The average molecular weight is 393 g/mol. The molecule has 4 aromatic rings. The van der Waals surface area contributed by atoms with Crippen LogP contribution in [0.25, 0.3) is 16.6 Å². The van der Waals surface area contributed by atoms with Gasteiger partial charge in [-0.2, -0.15) is 0 Å². The number of para-hydroxylation sites is 1. The smallest absolute Gasteiger partial charge is 0.196 e. The van der Waals surface area contributed by atoms with E-state index in [9.17, 15) is 4.79 Å². The number of carbonyl (C=O) groups is 1. The number of Topliss-reactive ketones (excluding diaryl/α,β-unsaturated/α-hetero) is 1. The van der Waals surface area contributed by atoms with E-state index in [-0.39, 0.29) is 5.78 Å². The first-order valence-electron chi connectivity index (χ1n) is 9.57. The third-order valence-electron chi connectivity index (χ3n) is 5.23. The molecule has 1 aromatic carbocycles. The molecule has 0 amide bonds. The summed E-state index contributed by atoms with van der Waals surface area (Å²) in [6.07, 6.45) is 1.05. The number of ketones is 1. The molecule has 0 aliphatic rings. The highest BCUT2D eigenvalue weighted by Gasteiger charge is 2.18. The molecule has 0 atom stereocenters. The standard InChI is InChI=1S/C22H24N4OS/c1-5-10-25-15(3)12-18(16(25)4)20(27)13-28-22-24-23-21-11-14(2)17-8-6-7-9-19(17)26(21)22/h6-9,11-12H,5,10,13H2,1-4H3. The molecule has 0 N–H and O–H groups in total. The fourth-order valence-corrected chi connectivity index (χ4v) is 4.66. The van der Waals surface area contributed by atoms with E-state index in [0.29, 0.717) is 5.75 Å². The first-order chi connectivity index (χ1) is 13.5. The van der Waals surface area contributed by atoms with E-state index in [1.165, 1.54) is 22.7 Å². The second-order valence-corrected chi connectivity index (χ2v) is 8.11. The second kappa shape index (κ2) is 7.43. The summed E-state index contributed by atoms with van der Waals surface area (Å²) in [6.45, 7) is 9.27. The lowest BCUT2D eigenvalue weighted by Crippen LogP contribution is -2.07. The zero-order chi connectivity index (χ0) is 19.8. The molecule has 0 saturated carbocycles. The van der Waals surface area contributed by atoms with Crippen LogP contribution in [0, 0.1) is 20.8 Å². The van der Waals surface area contributed by atoms with Gasteiger partial charge in [0.25, 0.3) is 0 Å². The predicted molar refractivity (Wildman–Crippen MR) is 114 cm³/mol. The highest BCUT2D eigenvalue weighted by molar-refractivity contribution is 7.99. The summed E-state index contributed by atoms with van der Waals surface area (Å²) in [7, 11) is 0. The number of thioether (sulfide) groups is 1. The Kier molecular flexibility index (Phi) is 4.98. The summed E-state index contributed by atoms with van der Waals surface area (Å²) in [5, 5.41) is 10.6. The maximum Gasteiger partial charge on any atom is 0.196 e. The molecule has 0 bridgehead atoms. The third-order valence-corrected chi connectivity index (χ3v) is 6.16. The minimum absolute atomic E-state index is 0.133. The average Bonchev–Trinajstić information content (AvgIpc) is 3.22. The minimum atomic E-state index is 0.133. The normalized spacial score (nSPS) is 11.6. The SMILES string of the molecule is CCCn1c(C)cc(C(=O)CSc2nnc3cc(C)c4ccccc4n23)c1C. The topological polar surface area (TPSA) is 52.2 Å². The fraction of sp³-hybridized carbons (Fsp3) is 0.318. The largest absolute Gasteiger partial charge is 0.348 e. The van der Waals surface area contributed by atoms with Crippen LogP contribution < -0.4 is 0 Å². The van der Waals surface area contributed by atoms with Gasteiger partial charge in [0, 0.05) is 28.9 Å². The fourth-order valence-electron chi connectivity index (χ4n) is 3.83. The predicted octanol–water partition coefficient (Wildman–Crippen LogP) is 4.99. The van der Waals surface area contributed by atoms with Crippen LogP contribution in [0.15, 0.2) is 41.6 Å². The van der Waals surface area contributed by atoms with E-state index in [1.54, 1.807) is 0 Å². The van der Waals surface area contributed by atoms with Gasteiger partial charge in [0.1, 0.15) is 0 Å². The maximum absolute atomic E-state index is 12.9. The first kappa shape index (κ1) is 18.7. The van der Waals surface area contributed by atoms with Gasteiger partial charge in [-0.25, -0.2) is 0 Å². The Balaban J connectivity index is 1.64. The van der Waals surface area contributed by atoms with Crippen LogP contribution in [-0.4, -0.2) is 30.7 Å². The van der Waals surface area contributed by atoms with Crippen molar-refractivity contribution in [2.24, 2.45) is 0 Å². The van der Waals surface area contributed by atoms with Crippen LogP contribution in [0.5, 0.6) is 0 Å². The number of hydrogen-bond donors (Lipinski definition) is 0.